The van der Waals surface area contributed by atoms with Gasteiger partial charge in [-0.1, -0.05) is 456 Å². The van der Waals surface area contributed by atoms with Crippen molar-refractivity contribution in [1.82, 2.24) is 0 Å². The van der Waals surface area contributed by atoms with Crippen molar-refractivity contribution in [3.63, 3.8) is 0 Å². The molecular weight excluding hydrogens is 2210 g/mol. The van der Waals surface area contributed by atoms with Crippen molar-refractivity contribution in [2.75, 3.05) is 0 Å². The number of rotatable bonds is 37. The number of amidine groups is 3. The second kappa shape index (κ2) is 64.9. The van der Waals surface area contributed by atoms with Gasteiger partial charge in [0.05, 0.1) is 0 Å². The molecule has 0 aliphatic carbocycles. The Hall–Kier alpha value is -10.9. The zero-order valence-corrected chi connectivity index (χ0v) is 96.2. The van der Waals surface area contributed by atoms with Gasteiger partial charge in [0.25, 0.3) is 0 Å². The minimum absolute atomic E-state index is 0. The molecule has 19 heteroatoms. The van der Waals surface area contributed by atoms with Crippen molar-refractivity contribution in [2.24, 2.45) is 32.7 Å². The number of hydrogen-bond acceptors (Lipinski definition) is 8. The van der Waals surface area contributed by atoms with E-state index in [1.54, 1.807) is 44.0 Å². The summed E-state index contributed by atoms with van der Waals surface area (Å²) in [5.74, 6) is 1.62. The molecule has 0 aliphatic rings. The summed E-state index contributed by atoms with van der Waals surface area (Å²) in [6, 6.07) is 160. The number of nitrogens with zero attached hydrogens (tertiary/aromatic N) is 3. The largest absolute Gasteiger partial charge is 0.456 e. The molecule has 144 heavy (non-hydrogen) atoms. The van der Waals surface area contributed by atoms with Gasteiger partial charge in [-0.25, -0.2) is 0 Å². The van der Waals surface area contributed by atoms with Crippen molar-refractivity contribution < 1.29 is 44.9 Å². The van der Waals surface area contributed by atoms with E-state index in [9.17, 15) is 0 Å². The number of oxime groups is 3. The minimum Gasteiger partial charge on any atom is -0.456 e. The molecule has 0 fully saturated rings. The van der Waals surface area contributed by atoms with E-state index in [0.29, 0.717) is 28.2 Å². The first-order valence-electron chi connectivity index (χ1n) is 50.2. The average molecular weight is 2350 g/mol. The van der Waals surface area contributed by atoms with E-state index >= 15 is 0 Å². The molecule has 0 bridgehead atoms. The van der Waals surface area contributed by atoms with Crippen LogP contribution < -0.4 is 88.4 Å². The Balaban J connectivity index is 0.000000175. The van der Waals surface area contributed by atoms with Gasteiger partial charge in [0.1, 0.15) is 11.5 Å². The Kier molecular flexibility index (Phi) is 51.8. The quantitative estimate of drug-likeness (QED) is 0.00551. The molecular formula is C125H139BrN6O5P4PdSn2. The predicted octanol–water partition coefficient (Wildman–Crippen LogP) is 27.5. The third-order valence-electron chi connectivity index (χ3n) is 24.9. The first kappa shape index (κ1) is 115. The Morgan fingerprint density at radius 1 is 0.229 bits per heavy atom. The van der Waals surface area contributed by atoms with Crippen LogP contribution >= 0.6 is 47.6 Å². The third-order valence-corrected chi connectivity index (χ3v) is 65.1. The summed E-state index contributed by atoms with van der Waals surface area (Å²) < 4.78 is 26.4. The summed E-state index contributed by atoms with van der Waals surface area (Å²) in [5, 5.41) is 51.3. The van der Waals surface area contributed by atoms with Gasteiger partial charge in [-0.2, -0.15) is 0 Å². The Morgan fingerprint density at radius 2 is 0.389 bits per heavy atom. The Morgan fingerprint density at radius 3 is 0.542 bits per heavy atom. The fourth-order valence-corrected chi connectivity index (χ4v) is 58.1. The molecule has 0 amide bonds. The maximum absolute atomic E-state index is 8.69. The maximum Gasteiger partial charge on any atom is 0.170 e. The standard InChI is InChI=1S/C18H16N4O3.4C18H15P.C7H7BrN2O.C4H2O.6C4H9.Pd.2Sn/c19-17(21-23)13-5-1-11(2-6-13)15-9-10-16(25-15)12-3-7-14(8-4-12)18(20)22-24;4*1-4-10-16(11-5-1)19(17-12-6-2-7-13-17)18-14-8-3-9-15-18;8-6-3-1-5(2-4-6)7(9)10-11;1-2-4-5-3-1;6*1-3-4-2;;;/h1-10,23-24H,(H2,19,21)(H2,20,22);4*1-15H;1-4,11H,(H2,9,10);1-2H;6*1,3-4H2,2H3;;;. The van der Waals surface area contributed by atoms with Crippen LogP contribution in [0.25, 0.3) is 22.6 Å². The Bertz CT molecular complexity index is 5420. The van der Waals surface area contributed by atoms with E-state index in [2.05, 4.69) is 449 Å². The van der Waals surface area contributed by atoms with Crippen LogP contribution in [0.1, 0.15) is 135 Å². The molecule has 9 N–H and O–H groups in total. The SMILES string of the molecule is CCC[CH2][Sn]([CH2]CCC)([CH2]CCC)[c]1cc[c]([Sn]([CH2]CCC)([CH2]CCC)[CH2]CCC)o1.N/C(=N\O)c1ccc(-c2ccc(-c3ccc(/C(N)=N\O)cc3)o2)cc1.N/C(=N\O)c1ccc(Br)cc1.[Pd].c1ccc(P(c2ccccc2)c2ccccc2)cc1.c1ccc(P(c2ccccc2)c2ccccc2)cc1.c1ccc(P(c2ccccc2)c2ccccc2)cc1.c1ccc(P(c2ccccc2)c2ccccc2)cc1. The molecule has 0 saturated carbocycles. The van der Waals surface area contributed by atoms with Crippen molar-refractivity contribution in [1.29, 1.82) is 0 Å². The van der Waals surface area contributed by atoms with Crippen molar-refractivity contribution >= 4 is 173 Å². The topological polar surface area (TPSA) is 202 Å². The smallest absolute Gasteiger partial charge is 0.170 e. The minimum atomic E-state index is -2.45. The predicted molar refractivity (Wildman–Crippen MR) is 630 cm³/mol. The van der Waals surface area contributed by atoms with Crippen LogP contribution in [0.3, 0.4) is 0 Å². The number of hydrogen-bond donors (Lipinski definition) is 6. The molecule has 17 aromatic rings. The summed E-state index contributed by atoms with van der Waals surface area (Å²) in [6.07, 6.45) is 16.6. The summed E-state index contributed by atoms with van der Waals surface area (Å²) in [6.45, 7) is 14.3. The zero-order chi connectivity index (χ0) is 101. The van der Waals surface area contributed by atoms with Crippen LogP contribution in [0.5, 0.6) is 0 Å². The van der Waals surface area contributed by atoms with Gasteiger partial charge in [-0.15, -0.1) is 0 Å². The molecule has 2 aromatic heterocycles. The van der Waals surface area contributed by atoms with Gasteiger partial charge in [0.15, 0.2) is 17.5 Å². The van der Waals surface area contributed by atoms with E-state index in [1.165, 1.54) is 167 Å². The van der Waals surface area contributed by atoms with Gasteiger partial charge in [0, 0.05) is 52.7 Å². The van der Waals surface area contributed by atoms with E-state index < -0.39 is 68.4 Å². The first-order chi connectivity index (χ1) is 70.2. The molecule has 0 saturated heterocycles. The van der Waals surface area contributed by atoms with Gasteiger partial charge >= 0.3 is 206 Å². The molecule has 744 valence electrons. The fourth-order valence-electron chi connectivity index (χ4n) is 17.3. The average Bonchev–Trinajstić information content (AvgIpc) is 1.63. The van der Waals surface area contributed by atoms with E-state index in [-0.39, 0.29) is 37.9 Å². The van der Waals surface area contributed by atoms with Gasteiger partial charge in [-0.05, 0) is 120 Å². The molecule has 11 nitrogen and oxygen atoms in total. The number of halogens is 1. The summed E-state index contributed by atoms with van der Waals surface area (Å²) in [5.41, 5.74) is 20.1. The Labute approximate surface area is 892 Å². The van der Waals surface area contributed by atoms with Crippen LogP contribution in [0, 0.1) is 0 Å². The maximum atomic E-state index is 8.69. The van der Waals surface area contributed by atoms with E-state index in [0.717, 1.165) is 15.6 Å². The van der Waals surface area contributed by atoms with Crippen LogP contribution in [0.15, 0.2) is 490 Å². The number of nitrogens with two attached hydrogens (primary N) is 3. The third kappa shape index (κ3) is 35.8. The molecule has 0 unspecified atom stereocenters. The van der Waals surface area contributed by atoms with Crippen LogP contribution in [-0.2, 0) is 20.4 Å². The van der Waals surface area contributed by atoms with Gasteiger partial charge in [-0.3, -0.25) is 0 Å². The molecule has 0 atom stereocenters. The number of benzene rings is 15. The first-order valence-corrected chi connectivity index (χ1v) is 71.3. The molecule has 0 aliphatic heterocycles. The summed E-state index contributed by atoms with van der Waals surface area (Å²) in [7, 11) is -1.78. The van der Waals surface area contributed by atoms with Crippen LogP contribution in [-0.4, -0.2) is 69.9 Å². The second-order valence-electron chi connectivity index (χ2n) is 35.0. The van der Waals surface area contributed by atoms with Gasteiger partial charge < -0.3 is 37.2 Å². The monoisotopic (exact) mass is 2350 g/mol. The van der Waals surface area contributed by atoms with Crippen molar-refractivity contribution in [2.45, 2.75) is 145 Å². The van der Waals surface area contributed by atoms with E-state index in [4.69, 9.17) is 41.7 Å². The molecule has 0 spiro atoms. The van der Waals surface area contributed by atoms with Crippen LogP contribution in [0.4, 0.5) is 0 Å². The molecule has 2 heterocycles. The fraction of sp³-hybridized carbons (Fsp3) is 0.192. The second-order valence-corrected chi connectivity index (χ2v) is 70.8. The normalized spacial score (nSPS) is 11.3. The van der Waals surface area contributed by atoms with Crippen molar-refractivity contribution in [3.05, 3.63) is 482 Å². The van der Waals surface area contributed by atoms with Gasteiger partial charge in [0.2, 0.25) is 0 Å². The molecule has 17 rings (SSSR count). The van der Waals surface area contributed by atoms with Crippen molar-refractivity contribution in [3.8, 4) is 22.6 Å². The number of unbranched alkanes of at least 4 members (excludes halogenated alkanes) is 6. The summed E-state index contributed by atoms with van der Waals surface area (Å²) in [4.78, 5) is 0. The molecule has 0 radical (unpaired) electrons. The summed E-state index contributed by atoms with van der Waals surface area (Å²) >= 11 is -1.62. The molecule has 15 aromatic carbocycles. The van der Waals surface area contributed by atoms with Crippen LogP contribution in [0.2, 0.25) is 26.6 Å². The zero-order valence-electron chi connectivity index (χ0n) is 83.8. The van der Waals surface area contributed by atoms with E-state index in [1.807, 2.05) is 48.5 Å². The number of furan rings is 2.